The van der Waals surface area contributed by atoms with E-state index in [2.05, 4.69) is 15.4 Å². The minimum Gasteiger partial charge on any atom is -0.353 e. The molecule has 148 valence electrons. The minimum atomic E-state index is -0.0552. The van der Waals surface area contributed by atoms with E-state index in [-0.39, 0.29) is 23.5 Å². The molecule has 1 atom stereocenters. The Labute approximate surface area is 167 Å². The van der Waals surface area contributed by atoms with Crippen LogP contribution < -0.4 is 0 Å². The van der Waals surface area contributed by atoms with Crippen molar-refractivity contribution >= 4 is 11.7 Å². The van der Waals surface area contributed by atoms with Crippen LogP contribution >= 0.6 is 0 Å². The number of likely N-dealkylation sites (tertiary alicyclic amines) is 1. The Kier molecular flexibility index (Phi) is 4.46. The monoisotopic (exact) mass is 391 g/mol. The van der Waals surface area contributed by atoms with Crippen LogP contribution in [0.15, 0.2) is 47.2 Å². The lowest BCUT2D eigenvalue weighted by molar-refractivity contribution is 0.0704. The Morgan fingerprint density at radius 1 is 1.07 bits per heavy atom. The molecule has 0 N–H and O–H groups in total. The molecule has 0 radical (unpaired) electrons. The molecule has 1 aliphatic heterocycles. The number of carbonyl (C=O) groups is 2. The van der Waals surface area contributed by atoms with Crippen LogP contribution in [0.2, 0.25) is 0 Å². The van der Waals surface area contributed by atoms with Gasteiger partial charge in [0.2, 0.25) is 11.5 Å². The summed E-state index contributed by atoms with van der Waals surface area (Å²) in [5.41, 5.74) is 1.98. The normalized spacial score (nSPS) is 19.3. The van der Waals surface area contributed by atoms with Gasteiger partial charge in [0.25, 0.3) is 5.91 Å². The van der Waals surface area contributed by atoms with Gasteiger partial charge < -0.3 is 9.42 Å². The van der Waals surface area contributed by atoms with Crippen molar-refractivity contribution in [2.24, 2.45) is 5.92 Å². The third kappa shape index (κ3) is 3.46. The molecule has 5 rings (SSSR count). The van der Waals surface area contributed by atoms with Crippen LogP contribution in [-0.4, -0.2) is 49.8 Å². The van der Waals surface area contributed by atoms with Crippen molar-refractivity contribution < 1.29 is 14.1 Å². The van der Waals surface area contributed by atoms with Crippen LogP contribution in [0.5, 0.6) is 0 Å². The highest BCUT2D eigenvalue weighted by Crippen LogP contribution is 2.34. The molecule has 8 nitrogen and oxygen atoms in total. The van der Waals surface area contributed by atoms with Gasteiger partial charge in [-0.1, -0.05) is 17.3 Å². The van der Waals surface area contributed by atoms with Gasteiger partial charge in [0.15, 0.2) is 0 Å². The average molecular weight is 391 g/mol. The van der Waals surface area contributed by atoms with Crippen molar-refractivity contribution in [1.82, 2.24) is 25.1 Å². The van der Waals surface area contributed by atoms with Gasteiger partial charge in [0.05, 0.1) is 29.3 Å². The zero-order valence-electron chi connectivity index (χ0n) is 15.9. The first-order valence-corrected chi connectivity index (χ1v) is 9.96. The molecule has 1 saturated carbocycles. The van der Waals surface area contributed by atoms with Crippen molar-refractivity contribution in [2.75, 3.05) is 13.1 Å². The molecule has 0 spiro atoms. The number of benzene rings is 1. The molecule has 1 aromatic carbocycles. The van der Waals surface area contributed by atoms with E-state index in [4.69, 9.17) is 4.52 Å². The lowest BCUT2D eigenvalue weighted by atomic mass is 9.93. The average Bonchev–Trinajstić information content (AvgIpc) is 3.26. The second kappa shape index (κ2) is 7.27. The van der Waals surface area contributed by atoms with E-state index in [1.807, 2.05) is 23.1 Å². The SMILES string of the molecule is O=C(c1cc(C2CCCN(C(=O)c3ccccc3-n3nccn3)C2)no1)C1CC1. The number of nitrogens with zero attached hydrogens (tertiary/aromatic N) is 5. The number of aromatic nitrogens is 4. The number of para-hydroxylation sites is 1. The molecule has 8 heteroatoms. The predicted octanol–water partition coefficient (Wildman–Crippen LogP) is 2.87. The van der Waals surface area contributed by atoms with E-state index in [1.54, 1.807) is 24.5 Å². The van der Waals surface area contributed by atoms with Crippen molar-refractivity contribution in [1.29, 1.82) is 0 Å². The van der Waals surface area contributed by atoms with E-state index in [9.17, 15) is 9.59 Å². The summed E-state index contributed by atoms with van der Waals surface area (Å²) in [7, 11) is 0. The van der Waals surface area contributed by atoms with Gasteiger partial charge in [-0.15, -0.1) is 0 Å². The van der Waals surface area contributed by atoms with Crippen LogP contribution in [-0.2, 0) is 0 Å². The summed E-state index contributed by atoms with van der Waals surface area (Å²) in [6, 6.07) is 9.10. The van der Waals surface area contributed by atoms with E-state index >= 15 is 0 Å². The first-order valence-electron chi connectivity index (χ1n) is 9.96. The fourth-order valence-electron chi connectivity index (χ4n) is 3.89. The number of Topliss-reactive ketones (excluding diaryl/α,β-unsaturated/α-hetero) is 1. The smallest absolute Gasteiger partial charge is 0.256 e. The summed E-state index contributed by atoms with van der Waals surface area (Å²) in [6.07, 6.45) is 6.83. The molecule has 2 aromatic heterocycles. The van der Waals surface area contributed by atoms with Crippen LogP contribution in [0.3, 0.4) is 0 Å². The lowest BCUT2D eigenvalue weighted by Gasteiger charge is -2.32. The number of hydrogen-bond donors (Lipinski definition) is 0. The summed E-state index contributed by atoms with van der Waals surface area (Å²) >= 11 is 0. The van der Waals surface area contributed by atoms with Gasteiger partial charge in [-0.3, -0.25) is 9.59 Å². The lowest BCUT2D eigenvalue weighted by Crippen LogP contribution is -2.39. The highest BCUT2D eigenvalue weighted by atomic mass is 16.5. The van der Waals surface area contributed by atoms with E-state index in [1.165, 1.54) is 4.80 Å². The largest absolute Gasteiger partial charge is 0.353 e. The maximum absolute atomic E-state index is 13.3. The zero-order chi connectivity index (χ0) is 19.8. The standard InChI is InChI=1S/C21H21N5O3/c27-20(14-7-8-14)19-12-17(24-29-19)15-4-3-11-25(13-15)21(28)16-5-1-2-6-18(16)26-22-9-10-23-26/h1-2,5-6,9-10,12,14-15H,3-4,7-8,11,13H2. The van der Waals surface area contributed by atoms with Gasteiger partial charge in [-0.25, -0.2) is 0 Å². The molecule has 3 heterocycles. The fraction of sp³-hybridized carbons (Fsp3) is 0.381. The Morgan fingerprint density at radius 2 is 1.86 bits per heavy atom. The summed E-state index contributed by atoms with van der Waals surface area (Å²) in [5, 5.41) is 12.5. The fourth-order valence-corrected chi connectivity index (χ4v) is 3.89. The van der Waals surface area contributed by atoms with Gasteiger partial charge in [0.1, 0.15) is 0 Å². The second-order valence-electron chi connectivity index (χ2n) is 7.68. The first kappa shape index (κ1) is 17.8. The molecule has 1 aliphatic carbocycles. The molecule has 3 aromatic rings. The van der Waals surface area contributed by atoms with Crippen molar-refractivity contribution in [2.45, 2.75) is 31.6 Å². The van der Waals surface area contributed by atoms with E-state index in [0.29, 0.717) is 30.1 Å². The minimum absolute atomic E-state index is 0.0492. The molecular weight excluding hydrogens is 370 g/mol. The van der Waals surface area contributed by atoms with E-state index < -0.39 is 0 Å². The van der Waals surface area contributed by atoms with Crippen molar-refractivity contribution in [3.8, 4) is 5.69 Å². The number of hydrogen-bond acceptors (Lipinski definition) is 6. The second-order valence-corrected chi connectivity index (χ2v) is 7.68. The third-order valence-electron chi connectivity index (χ3n) is 5.61. The number of rotatable bonds is 5. The highest BCUT2D eigenvalue weighted by molar-refractivity contribution is 5.98. The van der Waals surface area contributed by atoms with Gasteiger partial charge >= 0.3 is 0 Å². The van der Waals surface area contributed by atoms with E-state index in [0.717, 1.165) is 31.4 Å². The number of carbonyl (C=O) groups excluding carboxylic acids is 2. The molecule has 1 unspecified atom stereocenters. The van der Waals surface area contributed by atoms with Crippen molar-refractivity contribution in [3.63, 3.8) is 0 Å². The molecule has 0 bridgehead atoms. The Morgan fingerprint density at radius 3 is 2.66 bits per heavy atom. The molecule has 2 fully saturated rings. The number of piperidine rings is 1. The van der Waals surface area contributed by atoms with Crippen LogP contribution in [0.1, 0.15) is 58.2 Å². The van der Waals surface area contributed by atoms with Gasteiger partial charge in [-0.05, 0) is 37.8 Å². The summed E-state index contributed by atoms with van der Waals surface area (Å²) in [5.74, 6) is 0.509. The Hall–Kier alpha value is -3.29. The summed E-state index contributed by atoms with van der Waals surface area (Å²) in [6.45, 7) is 1.23. The molecular formula is C21H21N5O3. The topological polar surface area (TPSA) is 94.1 Å². The maximum atomic E-state index is 13.3. The number of amides is 1. The van der Waals surface area contributed by atoms with Gasteiger partial charge in [0, 0.05) is 31.0 Å². The highest BCUT2D eigenvalue weighted by Gasteiger charge is 2.34. The molecule has 2 aliphatic rings. The van der Waals surface area contributed by atoms with Crippen LogP contribution in [0, 0.1) is 5.92 Å². The molecule has 29 heavy (non-hydrogen) atoms. The molecule has 1 saturated heterocycles. The maximum Gasteiger partial charge on any atom is 0.256 e. The third-order valence-corrected chi connectivity index (χ3v) is 5.61. The van der Waals surface area contributed by atoms with Crippen LogP contribution in [0.25, 0.3) is 5.69 Å². The summed E-state index contributed by atoms with van der Waals surface area (Å²) < 4.78 is 5.31. The quantitative estimate of drug-likeness (QED) is 0.621. The Balaban J connectivity index is 1.35. The van der Waals surface area contributed by atoms with Gasteiger partial charge in [-0.2, -0.15) is 15.0 Å². The molecule has 1 amide bonds. The Bertz CT molecular complexity index is 1040. The zero-order valence-corrected chi connectivity index (χ0v) is 15.9. The van der Waals surface area contributed by atoms with Crippen molar-refractivity contribution in [3.05, 3.63) is 59.7 Å². The van der Waals surface area contributed by atoms with Crippen LogP contribution in [0.4, 0.5) is 0 Å². The predicted molar refractivity (Wildman–Crippen MR) is 103 cm³/mol. The first-order chi connectivity index (χ1) is 14.2. The summed E-state index contributed by atoms with van der Waals surface area (Å²) in [4.78, 5) is 28.8. The number of ketones is 1.